The van der Waals surface area contributed by atoms with Gasteiger partial charge >= 0.3 is 5.97 Å². The molecule has 2 N–H and O–H groups in total. The van der Waals surface area contributed by atoms with Crippen LogP contribution in [0.3, 0.4) is 0 Å². The van der Waals surface area contributed by atoms with Crippen LogP contribution in [-0.2, 0) is 29.0 Å². The van der Waals surface area contributed by atoms with E-state index in [1.807, 2.05) is 0 Å². The molecule has 9 heteroatoms. The summed E-state index contributed by atoms with van der Waals surface area (Å²) in [5, 5.41) is 3.18. The zero-order chi connectivity index (χ0) is 21.3. The Morgan fingerprint density at radius 1 is 1.40 bits per heavy atom. The molecule has 7 nitrogen and oxygen atoms in total. The standard InChI is InChI=1S/C21H20BrN3O4S/c1-11-5-6-14-15(7-11)30-21-18(14)20(28)24-16(25-21)10-29-17(26)9-23-19(27)12-3-2-4-13(22)8-12/h2-4,8,11H,5-7,9-10H2,1H3,(H,23,27)(H,24,25,28)/t11-/m1/s1. The average molecular weight is 490 g/mol. The lowest BCUT2D eigenvalue weighted by Crippen LogP contribution is -2.30. The molecule has 0 spiro atoms. The number of ether oxygens (including phenoxy) is 1. The lowest BCUT2D eigenvalue weighted by atomic mass is 9.89. The van der Waals surface area contributed by atoms with Crippen LogP contribution in [-0.4, -0.2) is 28.4 Å². The van der Waals surface area contributed by atoms with Crippen molar-refractivity contribution in [2.24, 2.45) is 5.92 Å². The highest BCUT2D eigenvalue weighted by atomic mass is 79.9. The molecular weight excluding hydrogens is 470 g/mol. The number of fused-ring (bicyclic) bond motifs is 3. The Hall–Kier alpha value is -2.52. The number of aryl methyl sites for hydroxylation is 1. The third kappa shape index (κ3) is 4.46. The summed E-state index contributed by atoms with van der Waals surface area (Å²) in [6, 6.07) is 6.85. The van der Waals surface area contributed by atoms with E-state index in [0.717, 1.165) is 29.3 Å². The molecule has 0 saturated carbocycles. The highest BCUT2D eigenvalue weighted by molar-refractivity contribution is 9.10. The molecule has 1 atom stereocenters. The number of esters is 1. The number of aromatic amines is 1. The van der Waals surface area contributed by atoms with Gasteiger partial charge in [-0.05, 0) is 48.9 Å². The van der Waals surface area contributed by atoms with Gasteiger partial charge in [-0.1, -0.05) is 28.9 Å². The molecular formula is C21H20BrN3O4S. The number of carbonyl (C=O) groups excluding carboxylic acids is 2. The van der Waals surface area contributed by atoms with Crippen LogP contribution in [0.15, 0.2) is 33.5 Å². The highest BCUT2D eigenvalue weighted by Gasteiger charge is 2.23. The normalized spacial score (nSPS) is 15.6. The molecule has 2 aromatic heterocycles. The molecule has 30 heavy (non-hydrogen) atoms. The molecule has 1 aromatic carbocycles. The van der Waals surface area contributed by atoms with E-state index < -0.39 is 5.97 Å². The van der Waals surface area contributed by atoms with Crippen molar-refractivity contribution in [2.45, 2.75) is 32.8 Å². The van der Waals surface area contributed by atoms with Crippen molar-refractivity contribution < 1.29 is 14.3 Å². The molecule has 0 fully saturated rings. The molecule has 1 amide bonds. The minimum Gasteiger partial charge on any atom is -0.456 e. The summed E-state index contributed by atoms with van der Waals surface area (Å²) in [5.41, 5.74) is 1.35. The van der Waals surface area contributed by atoms with Crippen molar-refractivity contribution in [1.82, 2.24) is 15.3 Å². The SMILES string of the molecule is C[C@@H]1CCc2c(sc3nc(COC(=O)CNC(=O)c4cccc(Br)c4)[nH]c(=O)c23)C1. The first-order valence-corrected chi connectivity index (χ1v) is 11.2. The molecule has 1 aliphatic carbocycles. The quantitative estimate of drug-likeness (QED) is 0.535. The number of amides is 1. The number of halogens is 1. The van der Waals surface area contributed by atoms with E-state index >= 15 is 0 Å². The Kier molecular flexibility index (Phi) is 6.01. The van der Waals surface area contributed by atoms with E-state index in [9.17, 15) is 14.4 Å². The number of aromatic nitrogens is 2. The molecule has 0 radical (unpaired) electrons. The maximum absolute atomic E-state index is 12.6. The fourth-order valence-electron chi connectivity index (χ4n) is 3.55. The number of H-pyrrole nitrogens is 1. The Labute approximate surface area is 185 Å². The zero-order valence-electron chi connectivity index (χ0n) is 16.3. The van der Waals surface area contributed by atoms with Gasteiger partial charge < -0.3 is 15.0 Å². The van der Waals surface area contributed by atoms with E-state index in [0.29, 0.717) is 27.5 Å². The van der Waals surface area contributed by atoms with Gasteiger partial charge in [0.2, 0.25) is 0 Å². The number of benzene rings is 1. The second-order valence-corrected chi connectivity index (χ2v) is 9.40. The minimum absolute atomic E-state index is 0.157. The summed E-state index contributed by atoms with van der Waals surface area (Å²) >= 11 is 4.85. The van der Waals surface area contributed by atoms with E-state index in [4.69, 9.17) is 4.74 Å². The number of hydrogen-bond acceptors (Lipinski definition) is 6. The van der Waals surface area contributed by atoms with E-state index in [1.54, 1.807) is 35.6 Å². The lowest BCUT2D eigenvalue weighted by molar-refractivity contribution is -0.143. The molecule has 0 saturated heterocycles. The number of carbonyl (C=O) groups is 2. The highest BCUT2D eigenvalue weighted by Crippen LogP contribution is 2.35. The Balaban J connectivity index is 1.38. The molecule has 2 heterocycles. The van der Waals surface area contributed by atoms with Crippen molar-refractivity contribution in [3.63, 3.8) is 0 Å². The van der Waals surface area contributed by atoms with E-state index in [2.05, 4.69) is 38.1 Å². The fourth-order valence-corrected chi connectivity index (χ4v) is 5.35. The number of thiophene rings is 1. The Bertz CT molecular complexity index is 1190. The average Bonchev–Trinajstić information content (AvgIpc) is 3.08. The van der Waals surface area contributed by atoms with Crippen LogP contribution >= 0.6 is 27.3 Å². The van der Waals surface area contributed by atoms with Crippen molar-refractivity contribution in [3.05, 3.63) is 60.9 Å². The second-order valence-electron chi connectivity index (χ2n) is 7.40. The number of rotatable bonds is 5. The smallest absolute Gasteiger partial charge is 0.325 e. The van der Waals surface area contributed by atoms with Crippen LogP contribution in [0, 0.1) is 5.92 Å². The van der Waals surface area contributed by atoms with Crippen LogP contribution in [0.2, 0.25) is 0 Å². The summed E-state index contributed by atoms with van der Waals surface area (Å²) in [4.78, 5) is 45.8. The summed E-state index contributed by atoms with van der Waals surface area (Å²) in [6.45, 7) is 1.78. The first-order valence-electron chi connectivity index (χ1n) is 9.63. The molecule has 156 valence electrons. The van der Waals surface area contributed by atoms with Gasteiger partial charge in [0.15, 0.2) is 0 Å². The predicted octanol–water partition coefficient (Wildman–Crippen LogP) is 3.35. The maximum atomic E-state index is 12.6. The number of nitrogens with zero attached hydrogens (tertiary/aromatic N) is 1. The number of hydrogen-bond donors (Lipinski definition) is 2. The maximum Gasteiger partial charge on any atom is 0.325 e. The first kappa shape index (κ1) is 20.7. The largest absolute Gasteiger partial charge is 0.456 e. The third-order valence-electron chi connectivity index (χ3n) is 5.06. The Morgan fingerprint density at radius 2 is 2.23 bits per heavy atom. The van der Waals surface area contributed by atoms with E-state index in [1.165, 1.54) is 4.88 Å². The third-order valence-corrected chi connectivity index (χ3v) is 6.71. The molecule has 0 unspecified atom stereocenters. The topological polar surface area (TPSA) is 101 Å². The molecule has 1 aliphatic rings. The van der Waals surface area contributed by atoms with Gasteiger partial charge in [-0.15, -0.1) is 11.3 Å². The molecule has 3 aromatic rings. The predicted molar refractivity (Wildman–Crippen MR) is 118 cm³/mol. The zero-order valence-corrected chi connectivity index (χ0v) is 18.7. The van der Waals surface area contributed by atoms with E-state index in [-0.39, 0.29) is 24.6 Å². The van der Waals surface area contributed by atoms with Crippen molar-refractivity contribution in [2.75, 3.05) is 6.54 Å². The summed E-state index contributed by atoms with van der Waals surface area (Å²) in [5.74, 6) is -0.0805. The second kappa shape index (κ2) is 8.69. The first-order chi connectivity index (χ1) is 14.4. The molecule has 4 rings (SSSR count). The van der Waals surface area contributed by atoms with Crippen molar-refractivity contribution in [1.29, 1.82) is 0 Å². The van der Waals surface area contributed by atoms with Gasteiger partial charge in [0.1, 0.15) is 23.8 Å². The van der Waals surface area contributed by atoms with Crippen molar-refractivity contribution in [3.8, 4) is 0 Å². The molecule has 0 bridgehead atoms. The number of nitrogens with one attached hydrogen (secondary N) is 2. The molecule has 0 aliphatic heterocycles. The summed E-state index contributed by atoms with van der Waals surface area (Å²) in [7, 11) is 0. The van der Waals surface area contributed by atoms with Crippen LogP contribution in [0.25, 0.3) is 10.2 Å². The fraction of sp³-hybridized carbons (Fsp3) is 0.333. The van der Waals surface area contributed by atoms with Gasteiger partial charge in [-0.2, -0.15) is 0 Å². The minimum atomic E-state index is -0.611. The van der Waals surface area contributed by atoms with Gasteiger partial charge in [-0.25, -0.2) is 4.98 Å². The van der Waals surface area contributed by atoms with Crippen molar-refractivity contribution >= 4 is 49.4 Å². The summed E-state index contributed by atoms with van der Waals surface area (Å²) in [6.07, 6.45) is 2.94. The van der Waals surface area contributed by atoms with Gasteiger partial charge in [-0.3, -0.25) is 14.4 Å². The lowest BCUT2D eigenvalue weighted by Gasteiger charge is -2.17. The van der Waals surface area contributed by atoms with Crippen LogP contribution < -0.4 is 10.9 Å². The van der Waals surface area contributed by atoms with Gasteiger partial charge in [0.05, 0.1) is 5.39 Å². The van der Waals surface area contributed by atoms with Gasteiger partial charge in [0.25, 0.3) is 11.5 Å². The van der Waals surface area contributed by atoms with Crippen LogP contribution in [0.5, 0.6) is 0 Å². The van der Waals surface area contributed by atoms with Crippen LogP contribution in [0.1, 0.15) is 40.0 Å². The summed E-state index contributed by atoms with van der Waals surface area (Å²) < 4.78 is 5.94. The van der Waals surface area contributed by atoms with Gasteiger partial charge in [0, 0.05) is 14.9 Å². The van der Waals surface area contributed by atoms with Crippen LogP contribution in [0.4, 0.5) is 0 Å². The Morgan fingerprint density at radius 3 is 3.03 bits per heavy atom. The monoisotopic (exact) mass is 489 g/mol.